The van der Waals surface area contributed by atoms with Crippen LogP contribution in [-0.2, 0) is 5.60 Å². The first-order chi connectivity index (χ1) is 8.47. The molecule has 0 amide bonds. The third-order valence-corrected chi connectivity index (χ3v) is 3.21. The molecule has 1 aromatic heterocycles. The molecule has 0 atom stereocenters. The molecule has 0 saturated carbocycles. The van der Waals surface area contributed by atoms with Gasteiger partial charge in [0.05, 0.1) is 5.60 Å². The highest BCUT2D eigenvalue weighted by atomic mass is 16.3. The highest BCUT2D eigenvalue weighted by Gasteiger charge is 2.21. The normalized spacial score (nSPS) is 12.4. The summed E-state index contributed by atoms with van der Waals surface area (Å²) < 4.78 is 5.74. The molecule has 3 nitrogen and oxygen atoms in total. The first kappa shape index (κ1) is 11.1. The Morgan fingerprint density at radius 1 is 1.06 bits per heavy atom. The molecule has 3 N–H and O–H groups in total. The molecule has 2 aromatic carbocycles. The number of para-hydroxylation sites is 1. The van der Waals surface area contributed by atoms with E-state index < -0.39 is 5.60 Å². The molecule has 0 bridgehead atoms. The lowest BCUT2D eigenvalue weighted by Gasteiger charge is -2.19. The van der Waals surface area contributed by atoms with Gasteiger partial charge in [-0.05, 0) is 26.0 Å². The molecular weight excluding hydrogens is 226 g/mol. The summed E-state index contributed by atoms with van der Waals surface area (Å²) in [6, 6.07) is 11.5. The number of anilines is 1. The zero-order chi connectivity index (χ0) is 12.9. The average Bonchev–Trinajstić information content (AvgIpc) is 2.63. The molecule has 0 unspecified atom stereocenters. The third-order valence-electron chi connectivity index (χ3n) is 3.21. The van der Waals surface area contributed by atoms with Crippen LogP contribution in [0, 0.1) is 0 Å². The second kappa shape index (κ2) is 3.50. The molecule has 3 heteroatoms. The highest BCUT2D eigenvalue weighted by Crippen LogP contribution is 2.35. The van der Waals surface area contributed by atoms with Crippen molar-refractivity contribution in [2.24, 2.45) is 0 Å². The molecule has 0 radical (unpaired) electrons. The van der Waals surface area contributed by atoms with E-state index in [1.807, 2.05) is 30.3 Å². The van der Waals surface area contributed by atoms with E-state index in [0.29, 0.717) is 5.69 Å². The summed E-state index contributed by atoms with van der Waals surface area (Å²) in [5.74, 6) is 0. The molecule has 0 aliphatic rings. The van der Waals surface area contributed by atoms with Gasteiger partial charge in [-0.3, -0.25) is 0 Å². The van der Waals surface area contributed by atoms with Crippen molar-refractivity contribution in [3.8, 4) is 0 Å². The highest BCUT2D eigenvalue weighted by molar-refractivity contribution is 6.06. The fourth-order valence-electron chi connectivity index (χ4n) is 2.32. The van der Waals surface area contributed by atoms with Gasteiger partial charge in [0, 0.05) is 28.1 Å². The molecular formula is C15H15NO2. The fraction of sp³-hybridized carbons (Fsp3) is 0.200. The minimum absolute atomic E-state index is 0.550. The topological polar surface area (TPSA) is 59.4 Å². The number of fused-ring (bicyclic) bond motifs is 3. The number of nitrogens with two attached hydrogens (primary N) is 1. The predicted octanol–water partition coefficient (Wildman–Crippen LogP) is 3.40. The second-order valence-corrected chi connectivity index (χ2v) is 5.09. The van der Waals surface area contributed by atoms with Crippen LogP contribution in [0.1, 0.15) is 19.4 Å². The Kier molecular flexibility index (Phi) is 2.16. The zero-order valence-electron chi connectivity index (χ0n) is 10.4. The van der Waals surface area contributed by atoms with Gasteiger partial charge in [-0.25, -0.2) is 0 Å². The van der Waals surface area contributed by atoms with Gasteiger partial charge in [-0.1, -0.05) is 18.2 Å². The van der Waals surface area contributed by atoms with E-state index in [4.69, 9.17) is 10.2 Å². The summed E-state index contributed by atoms with van der Waals surface area (Å²) in [6.07, 6.45) is 0. The van der Waals surface area contributed by atoms with Gasteiger partial charge < -0.3 is 15.3 Å². The molecule has 0 aliphatic carbocycles. The average molecular weight is 241 g/mol. The van der Waals surface area contributed by atoms with Gasteiger partial charge in [0.1, 0.15) is 11.2 Å². The van der Waals surface area contributed by atoms with E-state index in [0.717, 1.165) is 27.5 Å². The number of rotatable bonds is 1. The van der Waals surface area contributed by atoms with Crippen LogP contribution >= 0.6 is 0 Å². The Hall–Kier alpha value is -2.00. The lowest BCUT2D eigenvalue weighted by atomic mass is 9.95. The number of hydrogen-bond donors (Lipinski definition) is 2. The summed E-state index contributed by atoms with van der Waals surface area (Å²) in [5.41, 5.74) is 7.87. The number of aliphatic hydroxyl groups is 1. The van der Waals surface area contributed by atoms with Crippen molar-refractivity contribution >= 4 is 27.6 Å². The van der Waals surface area contributed by atoms with Crippen LogP contribution in [0.15, 0.2) is 40.8 Å². The van der Waals surface area contributed by atoms with Crippen molar-refractivity contribution < 1.29 is 9.52 Å². The van der Waals surface area contributed by atoms with Crippen LogP contribution in [0.25, 0.3) is 21.9 Å². The summed E-state index contributed by atoms with van der Waals surface area (Å²) in [4.78, 5) is 0. The summed E-state index contributed by atoms with van der Waals surface area (Å²) >= 11 is 0. The Morgan fingerprint density at radius 3 is 2.50 bits per heavy atom. The standard InChI is InChI=1S/C15H15NO2/c1-15(2,17)11-7-10-9-5-3-4-6-13(9)18-14(10)8-12(11)16/h3-8,17H,16H2,1-2H3. The van der Waals surface area contributed by atoms with Gasteiger partial charge >= 0.3 is 0 Å². The van der Waals surface area contributed by atoms with Crippen LogP contribution in [-0.4, -0.2) is 5.11 Å². The van der Waals surface area contributed by atoms with Crippen molar-refractivity contribution in [1.82, 2.24) is 0 Å². The third kappa shape index (κ3) is 1.56. The Morgan fingerprint density at radius 2 is 1.78 bits per heavy atom. The molecule has 1 heterocycles. The van der Waals surface area contributed by atoms with Crippen molar-refractivity contribution in [3.05, 3.63) is 42.0 Å². The van der Waals surface area contributed by atoms with E-state index in [1.54, 1.807) is 19.9 Å². The number of hydrogen-bond acceptors (Lipinski definition) is 3. The van der Waals surface area contributed by atoms with Crippen molar-refractivity contribution in [1.29, 1.82) is 0 Å². The van der Waals surface area contributed by atoms with Crippen LogP contribution in [0.5, 0.6) is 0 Å². The molecule has 0 spiro atoms. The number of nitrogen functional groups attached to an aromatic ring is 1. The minimum atomic E-state index is -0.962. The van der Waals surface area contributed by atoms with Gasteiger partial charge in [0.15, 0.2) is 0 Å². The van der Waals surface area contributed by atoms with Crippen LogP contribution in [0.2, 0.25) is 0 Å². The van der Waals surface area contributed by atoms with Gasteiger partial charge in [-0.15, -0.1) is 0 Å². The molecule has 0 saturated heterocycles. The van der Waals surface area contributed by atoms with Crippen molar-refractivity contribution in [2.45, 2.75) is 19.4 Å². The van der Waals surface area contributed by atoms with Crippen LogP contribution < -0.4 is 5.73 Å². The lowest BCUT2D eigenvalue weighted by Crippen LogP contribution is -2.17. The van der Waals surface area contributed by atoms with Crippen molar-refractivity contribution in [3.63, 3.8) is 0 Å². The smallest absolute Gasteiger partial charge is 0.137 e. The SMILES string of the molecule is CC(C)(O)c1cc2c(cc1N)oc1ccccc12. The van der Waals surface area contributed by atoms with E-state index in [1.165, 1.54) is 0 Å². The number of furan rings is 1. The van der Waals surface area contributed by atoms with Gasteiger partial charge in [0.2, 0.25) is 0 Å². The van der Waals surface area contributed by atoms with E-state index in [2.05, 4.69) is 0 Å². The van der Waals surface area contributed by atoms with E-state index in [-0.39, 0.29) is 0 Å². The van der Waals surface area contributed by atoms with Crippen LogP contribution in [0.4, 0.5) is 5.69 Å². The maximum absolute atomic E-state index is 10.1. The first-order valence-corrected chi connectivity index (χ1v) is 5.90. The molecule has 18 heavy (non-hydrogen) atoms. The van der Waals surface area contributed by atoms with Gasteiger partial charge in [0.25, 0.3) is 0 Å². The van der Waals surface area contributed by atoms with Gasteiger partial charge in [-0.2, -0.15) is 0 Å². The monoisotopic (exact) mass is 241 g/mol. The molecule has 92 valence electrons. The van der Waals surface area contributed by atoms with E-state index >= 15 is 0 Å². The Bertz CT molecular complexity index is 735. The largest absolute Gasteiger partial charge is 0.456 e. The van der Waals surface area contributed by atoms with E-state index in [9.17, 15) is 5.11 Å². The quantitative estimate of drug-likeness (QED) is 0.642. The molecule has 3 rings (SSSR count). The summed E-state index contributed by atoms with van der Waals surface area (Å²) in [5, 5.41) is 12.2. The van der Waals surface area contributed by atoms with Crippen molar-refractivity contribution in [2.75, 3.05) is 5.73 Å². The fourth-order valence-corrected chi connectivity index (χ4v) is 2.32. The lowest BCUT2D eigenvalue weighted by molar-refractivity contribution is 0.0795. The predicted molar refractivity (Wildman–Crippen MR) is 73.4 cm³/mol. The molecule has 0 aliphatic heterocycles. The Balaban J connectivity index is 2.43. The maximum Gasteiger partial charge on any atom is 0.137 e. The van der Waals surface area contributed by atoms with Crippen LogP contribution in [0.3, 0.4) is 0 Å². The molecule has 0 fully saturated rings. The summed E-state index contributed by atoms with van der Waals surface area (Å²) in [7, 11) is 0. The second-order valence-electron chi connectivity index (χ2n) is 5.09. The Labute approximate surface area is 105 Å². The minimum Gasteiger partial charge on any atom is -0.456 e. The maximum atomic E-state index is 10.1. The first-order valence-electron chi connectivity index (χ1n) is 5.90. The summed E-state index contributed by atoms with van der Waals surface area (Å²) in [6.45, 7) is 3.46. The molecule has 3 aromatic rings. The number of benzene rings is 2. The zero-order valence-corrected chi connectivity index (χ0v) is 10.4.